The molecule has 0 radical (unpaired) electrons. The molecule has 7 nitrogen and oxygen atoms in total. The van der Waals surface area contributed by atoms with Crippen LogP contribution in [0.2, 0.25) is 0 Å². The number of hydrogen-bond acceptors (Lipinski definition) is 6. The van der Waals surface area contributed by atoms with Crippen molar-refractivity contribution in [3.8, 4) is 0 Å². The average Bonchev–Trinajstić information content (AvgIpc) is 2.69. The predicted octanol–water partition coefficient (Wildman–Crippen LogP) is -0.969. The van der Waals surface area contributed by atoms with Gasteiger partial charge in [-0.15, -0.1) is 5.10 Å². The zero-order valence-electron chi connectivity index (χ0n) is 7.33. The largest absolute Gasteiger partial charge is 0.364 e. The second-order valence-electron chi connectivity index (χ2n) is 3.39. The Balaban J connectivity index is 1.98. The second-order valence-corrected chi connectivity index (χ2v) is 3.39. The molecule has 14 heavy (non-hydrogen) atoms. The van der Waals surface area contributed by atoms with Crippen LogP contribution >= 0.6 is 0 Å². The third kappa shape index (κ3) is 1.10. The quantitative estimate of drug-likeness (QED) is 0.634. The monoisotopic (exact) mass is 191 g/mol. The van der Waals surface area contributed by atoms with Gasteiger partial charge in [-0.2, -0.15) is 4.52 Å². The fourth-order valence-electron chi connectivity index (χ4n) is 1.34. The van der Waals surface area contributed by atoms with E-state index in [2.05, 4.69) is 25.8 Å². The maximum absolute atomic E-state index is 5.69. The minimum atomic E-state index is 0.238. The first-order chi connectivity index (χ1) is 6.84. The highest BCUT2D eigenvalue weighted by atomic mass is 15.5. The van der Waals surface area contributed by atoms with Crippen molar-refractivity contribution in [3.05, 3.63) is 12.4 Å². The zero-order valence-corrected chi connectivity index (χ0v) is 7.33. The summed E-state index contributed by atoms with van der Waals surface area (Å²) in [6, 6.07) is 0.563. The Hall–Kier alpha value is -1.76. The molecule has 0 spiro atoms. The van der Waals surface area contributed by atoms with E-state index in [-0.39, 0.29) is 6.04 Å². The molecule has 0 aromatic carbocycles. The summed E-state index contributed by atoms with van der Waals surface area (Å²) < 4.78 is 1.61. The van der Waals surface area contributed by atoms with E-state index < -0.39 is 0 Å². The number of aromatic nitrogens is 5. The number of rotatable bonds is 2. The van der Waals surface area contributed by atoms with Gasteiger partial charge < -0.3 is 11.1 Å². The van der Waals surface area contributed by atoms with Gasteiger partial charge in [0.2, 0.25) is 0 Å². The van der Waals surface area contributed by atoms with E-state index in [1.54, 1.807) is 16.9 Å². The number of tetrazole rings is 1. The van der Waals surface area contributed by atoms with Crippen molar-refractivity contribution in [3.63, 3.8) is 0 Å². The number of fused-ring (bicyclic) bond motifs is 1. The molecule has 0 bridgehead atoms. The molecule has 1 fully saturated rings. The number of nitrogens with zero attached hydrogens (tertiary/aromatic N) is 5. The molecule has 0 amide bonds. The minimum Gasteiger partial charge on any atom is -0.364 e. The highest BCUT2D eigenvalue weighted by Gasteiger charge is 2.33. The Labute approximate surface area is 79.3 Å². The fraction of sp³-hybridized carbons (Fsp3) is 0.429. The van der Waals surface area contributed by atoms with Crippen molar-refractivity contribution in [1.82, 2.24) is 25.0 Å². The van der Waals surface area contributed by atoms with Crippen molar-refractivity contribution in [2.45, 2.75) is 18.5 Å². The van der Waals surface area contributed by atoms with E-state index >= 15 is 0 Å². The summed E-state index contributed by atoms with van der Waals surface area (Å²) in [5.41, 5.74) is 6.32. The standard InChI is InChI=1S/C7H9N7/c8-4-1-5(4)10-6-2-9-3-7-11-12-13-14(6)7/h2-5,10H,1,8H2. The molecule has 2 heterocycles. The maximum Gasteiger partial charge on any atom is 0.199 e. The molecule has 2 unspecified atom stereocenters. The van der Waals surface area contributed by atoms with E-state index in [9.17, 15) is 0 Å². The Kier molecular flexibility index (Phi) is 1.42. The van der Waals surface area contributed by atoms with Crippen molar-refractivity contribution < 1.29 is 0 Å². The second kappa shape index (κ2) is 2.61. The Morgan fingerprint density at radius 2 is 2.36 bits per heavy atom. The molecule has 2 aromatic heterocycles. The SMILES string of the molecule is NC1CC1Nc1cncc2nnnn12. The maximum atomic E-state index is 5.69. The highest BCUT2D eigenvalue weighted by Crippen LogP contribution is 2.22. The molecule has 0 saturated heterocycles. The molecule has 3 rings (SSSR count). The van der Waals surface area contributed by atoms with Gasteiger partial charge in [-0.05, 0) is 16.8 Å². The van der Waals surface area contributed by atoms with E-state index in [4.69, 9.17) is 5.73 Å². The van der Waals surface area contributed by atoms with Gasteiger partial charge in [0.25, 0.3) is 0 Å². The molecule has 1 saturated carbocycles. The zero-order chi connectivity index (χ0) is 9.54. The number of nitrogens with two attached hydrogens (primary N) is 1. The first kappa shape index (κ1) is 7.63. The van der Waals surface area contributed by atoms with Crippen LogP contribution < -0.4 is 11.1 Å². The smallest absolute Gasteiger partial charge is 0.199 e. The minimum absolute atomic E-state index is 0.238. The number of nitrogens with one attached hydrogen (secondary N) is 1. The molecular weight excluding hydrogens is 182 g/mol. The lowest BCUT2D eigenvalue weighted by Crippen LogP contribution is -2.15. The summed E-state index contributed by atoms with van der Waals surface area (Å²) in [5, 5.41) is 14.4. The summed E-state index contributed by atoms with van der Waals surface area (Å²) in [7, 11) is 0. The fourth-order valence-corrected chi connectivity index (χ4v) is 1.34. The van der Waals surface area contributed by atoms with E-state index in [0.717, 1.165) is 12.2 Å². The van der Waals surface area contributed by atoms with E-state index in [1.165, 1.54) is 0 Å². The summed E-state index contributed by atoms with van der Waals surface area (Å²) >= 11 is 0. The predicted molar refractivity (Wildman–Crippen MR) is 48.6 cm³/mol. The van der Waals surface area contributed by atoms with E-state index in [1.807, 2.05) is 0 Å². The lowest BCUT2D eigenvalue weighted by atomic mass is 10.5. The van der Waals surface area contributed by atoms with Crippen LogP contribution in [0.4, 0.5) is 5.82 Å². The van der Waals surface area contributed by atoms with Crippen LogP contribution in [-0.4, -0.2) is 37.1 Å². The van der Waals surface area contributed by atoms with E-state index in [0.29, 0.717) is 11.7 Å². The third-order valence-corrected chi connectivity index (χ3v) is 2.28. The summed E-state index contributed by atoms with van der Waals surface area (Å²) in [4.78, 5) is 4.02. The van der Waals surface area contributed by atoms with Crippen molar-refractivity contribution in [1.29, 1.82) is 0 Å². The van der Waals surface area contributed by atoms with Gasteiger partial charge in [0, 0.05) is 12.1 Å². The molecule has 1 aliphatic rings. The van der Waals surface area contributed by atoms with Gasteiger partial charge in [0.05, 0.1) is 12.4 Å². The van der Waals surface area contributed by atoms with Gasteiger partial charge >= 0.3 is 0 Å². The van der Waals surface area contributed by atoms with Gasteiger partial charge in [0.1, 0.15) is 0 Å². The number of hydrogen-bond donors (Lipinski definition) is 2. The van der Waals surface area contributed by atoms with Crippen LogP contribution in [0.5, 0.6) is 0 Å². The number of anilines is 1. The Morgan fingerprint density at radius 3 is 3.14 bits per heavy atom. The van der Waals surface area contributed by atoms with Crippen LogP contribution in [0.3, 0.4) is 0 Å². The Morgan fingerprint density at radius 1 is 1.50 bits per heavy atom. The average molecular weight is 191 g/mol. The molecule has 0 aliphatic heterocycles. The molecule has 2 atom stereocenters. The molecule has 72 valence electrons. The van der Waals surface area contributed by atoms with Crippen LogP contribution in [0, 0.1) is 0 Å². The van der Waals surface area contributed by atoms with Crippen LogP contribution in [0.25, 0.3) is 5.65 Å². The van der Waals surface area contributed by atoms with Crippen molar-refractivity contribution in [2.24, 2.45) is 5.73 Å². The summed E-state index contributed by atoms with van der Waals surface area (Å²) in [6.45, 7) is 0. The molecule has 1 aliphatic carbocycles. The van der Waals surface area contributed by atoms with Gasteiger partial charge in [-0.25, -0.2) is 0 Å². The van der Waals surface area contributed by atoms with Crippen molar-refractivity contribution >= 4 is 11.5 Å². The van der Waals surface area contributed by atoms with Gasteiger partial charge in [0.15, 0.2) is 11.5 Å². The van der Waals surface area contributed by atoms with Gasteiger partial charge in [-0.1, -0.05) is 0 Å². The summed E-state index contributed by atoms with van der Waals surface area (Å²) in [5.74, 6) is 0.783. The molecule has 2 aromatic rings. The van der Waals surface area contributed by atoms with Crippen LogP contribution in [0.15, 0.2) is 12.4 Å². The Bertz CT molecular complexity index is 464. The highest BCUT2D eigenvalue weighted by molar-refractivity contribution is 5.45. The lowest BCUT2D eigenvalue weighted by molar-refractivity contribution is 0.817. The third-order valence-electron chi connectivity index (χ3n) is 2.28. The first-order valence-corrected chi connectivity index (χ1v) is 4.39. The summed E-state index contributed by atoms with van der Waals surface area (Å²) in [6.07, 6.45) is 4.28. The lowest BCUT2D eigenvalue weighted by Gasteiger charge is -2.04. The van der Waals surface area contributed by atoms with Gasteiger partial charge in [-0.3, -0.25) is 4.98 Å². The normalized spacial score (nSPS) is 25.2. The molecule has 3 N–H and O–H groups in total. The topological polar surface area (TPSA) is 94.0 Å². The van der Waals surface area contributed by atoms with Crippen LogP contribution in [0.1, 0.15) is 6.42 Å². The van der Waals surface area contributed by atoms with Crippen LogP contribution in [-0.2, 0) is 0 Å². The molecular formula is C7H9N7. The molecule has 7 heteroatoms. The van der Waals surface area contributed by atoms with Crippen molar-refractivity contribution in [2.75, 3.05) is 5.32 Å². The first-order valence-electron chi connectivity index (χ1n) is 4.39.